The van der Waals surface area contributed by atoms with E-state index in [9.17, 15) is 9.59 Å². The number of hydrogen-bond donors (Lipinski definition) is 2. The number of rotatable bonds is 5. The van der Waals surface area contributed by atoms with Crippen molar-refractivity contribution in [2.75, 3.05) is 0 Å². The summed E-state index contributed by atoms with van der Waals surface area (Å²) in [7, 11) is 1.78. The first-order valence-corrected chi connectivity index (χ1v) is 6.04. The molecule has 8 nitrogen and oxygen atoms in total. The van der Waals surface area contributed by atoms with Crippen LogP contribution in [-0.2, 0) is 18.4 Å². The summed E-state index contributed by atoms with van der Waals surface area (Å²) in [6, 6.07) is 3.14. The van der Waals surface area contributed by atoms with Gasteiger partial charge in [0, 0.05) is 19.3 Å². The van der Waals surface area contributed by atoms with Gasteiger partial charge in [-0.05, 0) is 17.7 Å². The Morgan fingerprint density at radius 2 is 2.24 bits per heavy atom. The van der Waals surface area contributed by atoms with Crippen molar-refractivity contribution >= 4 is 18.0 Å². The molecule has 0 aliphatic heterocycles. The van der Waals surface area contributed by atoms with E-state index in [-0.39, 0.29) is 18.1 Å². The third-order valence-corrected chi connectivity index (χ3v) is 2.65. The highest BCUT2D eigenvalue weighted by atomic mass is 16.4. The molecule has 21 heavy (non-hydrogen) atoms. The summed E-state index contributed by atoms with van der Waals surface area (Å²) in [5, 5.41) is 18.7. The average Bonchev–Trinajstić information content (AvgIpc) is 2.88. The molecular weight excluding hydrogens is 274 g/mol. The van der Waals surface area contributed by atoms with Crippen LogP contribution in [0.25, 0.3) is 6.08 Å². The first-order valence-electron chi connectivity index (χ1n) is 6.04. The molecule has 1 amide bonds. The Morgan fingerprint density at radius 1 is 1.43 bits per heavy atom. The number of carboxylic acid groups (broad SMARTS) is 1. The number of hydrogen-bond acceptors (Lipinski definition) is 5. The summed E-state index contributed by atoms with van der Waals surface area (Å²) < 4.78 is 1.70. The zero-order valence-electron chi connectivity index (χ0n) is 11.2. The maximum Gasteiger partial charge on any atom is 0.328 e. The standard InChI is InChI=1S/C13H13N5O3/c1-18-8-16-17-11(18)7-15-13(21)10-4-2-9(6-14-10)3-5-12(19)20/h2-6,8H,7H2,1H3,(H,15,21)(H,19,20). The minimum atomic E-state index is -1.04. The quantitative estimate of drug-likeness (QED) is 0.762. The van der Waals surface area contributed by atoms with E-state index >= 15 is 0 Å². The summed E-state index contributed by atoms with van der Waals surface area (Å²) in [5.41, 5.74) is 0.840. The van der Waals surface area contributed by atoms with E-state index in [1.54, 1.807) is 24.0 Å². The van der Waals surface area contributed by atoms with E-state index < -0.39 is 5.97 Å². The third-order valence-electron chi connectivity index (χ3n) is 2.65. The third kappa shape index (κ3) is 3.96. The molecule has 0 aliphatic carbocycles. The molecule has 0 aliphatic rings. The minimum Gasteiger partial charge on any atom is -0.478 e. The van der Waals surface area contributed by atoms with Gasteiger partial charge in [-0.25, -0.2) is 4.79 Å². The van der Waals surface area contributed by atoms with E-state index in [0.717, 1.165) is 6.08 Å². The molecule has 0 spiro atoms. The Hall–Kier alpha value is -3.03. The van der Waals surface area contributed by atoms with Crippen molar-refractivity contribution in [2.24, 2.45) is 7.05 Å². The molecule has 8 heteroatoms. The lowest BCUT2D eigenvalue weighted by atomic mass is 10.2. The first-order chi connectivity index (χ1) is 10.1. The Labute approximate surface area is 120 Å². The molecule has 0 aromatic carbocycles. The molecule has 0 fully saturated rings. The molecular formula is C13H13N5O3. The second-order valence-electron chi connectivity index (χ2n) is 4.19. The predicted octanol–water partition coefficient (Wildman–Crippen LogP) is 0.238. The maximum atomic E-state index is 11.9. The van der Waals surface area contributed by atoms with Crippen molar-refractivity contribution in [3.8, 4) is 0 Å². The maximum absolute atomic E-state index is 11.9. The van der Waals surface area contributed by atoms with Crippen molar-refractivity contribution in [1.82, 2.24) is 25.1 Å². The normalized spacial score (nSPS) is 10.7. The number of carbonyl (C=O) groups is 2. The fourth-order valence-corrected chi connectivity index (χ4v) is 1.52. The Kier molecular flexibility index (Phi) is 4.39. The second-order valence-corrected chi connectivity index (χ2v) is 4.19. The van der Waals surface area contributed by atoms with Gasteiger partial charge in [0.1, 0.15) is 12.0 Å². The number of amides is 1. The highest BCUT2D eigenvalue weighted by Gasteiger charge is 2.08. The van der Waals surface area contributed by atoms with Gasteiger partial charge in [0.15, 0.2) is 5.82 Å². The summed E-state index contributed by atoms with van der Waals surface area (Å²) in [4.78, 5) is 26.3. The lowest BCUT2D eigenvalue weighted by molar-refractivity contribution is -0.131. The lowest BCUT2D eigenvalue weighted by Crippen LogP contribution is -2.25. The molecule has 2 N–H and O–H groups in total. The molecule has 0 saturated carbocycles. The minimum absolute atomic E-state index is 0.240. The van der Waals surface area contributed by atoms with Gasteiger partial charge in [-0.1, -0.05) is 6.07 Å². The number of aliphatic carboxylic acids is 1. The van der Waals surface area contributed by atoms with Crippen LogP contribution in [0.15, 0.2) is 30.7 Å². The highest BCUT2D eigenvalue weighted by molar-refractivity contribution is 5.92. The number of pyridine rings is 1. The fraction of sp³-hybridized carbons (Fsp3) is 0.154. The van der Waals surface area contributed by atoms with Gasteiger partial charge < -0.3 is 15.0 Å². The van der Waals surface area contributed by atoms with E-state index in [0.29, 0.717) is 11.4 Å². The molecule has 2 heterocycles. The van der Waals surface area contributed by atoms with Crippen molar-refractivity contribution in [1.29, 1.82) is 0 Å². The first kappa shape index (κ1) is 14.4. The zero-order chi connectivity index (χ0) is 15.2. The molecule has 0 radical (unpaired) electrons. The molecule has 0 unspecified atom stereocenters. The molecule has 108 valence electrons. The predicted molar refractivity (Wildman–Crippen MR) is 73.1 cm³/mol. The number of aromatic nitrogens is 4. The summed E-state index contributed by atoms with van der Waals surface area (Å²) in [5.74, 6) is -0.753. The monoisotopic (exact) mass is 287 g/mol. The van der Waals surface area contributed by atoms with Crippen LogP contribution >= 0.6 is 0 Å². The van der Waals surface area contributed by atoms with Gasteiger partial charge in [-0.15, -0.1) is 10.2 Å². The van der Waals surface area contributed by atoms with Crippen molar-refractivity contribution in [3.05, 3.63) is 47.8 Å². The van der Waals surface area contributed by atoms with Crippen LogP contribution in [0.4, 0.5) is 0 Å². The molecule has 2 aromatic heterocycles. The number of nitrogens with one attached hydrogen (secondary N) is 1. The fourth-order valence-electron chi connectivity index (χ4n) is 1.52. The van der Waals surface area contributed by atoms with E-state index in [2.05, 4.69) is 20.5 Å². The second kappa shape index (κ2) is 6.42. The van der Waals surface area contributed by atoms with Crippen molar-refractivity contribution in [3.63, 3.8) is 0 Å². The lowest BCUT2D eigenvalue weighted by Gasteiger charge is -2.04. The van der Waals surface area contributed by atoms with Crippen LogP contribution in [0.5, 0.6) is 0 Å². The SMILES string of the molecule is Cn1cnnc1CNC(=O)c1ccc(C=CC(=O)O)cn1. The molecule has 2 aromatic rings. The van der Waals surface area contributed by atoms with Gasteiger partial charge >= 0.3 is 5.97 Å². The largest absolute Gasteiger partial charge is 0.478 e. The summed E-state index contributed by atoms with van der Waals surface area (Å²) >= 11 is 0. The van der Waals surface area contributed by atoms with Gasteiger partial charge in [0.2, 0.25) is 0 Å². The van der Waals surface area contributed by atoms with Crippen molar-refractivity contribution < 1.29 is 14.7 Å². The van der Waals surface area contributed by atoms with Crippen LogP contribution in [0.3, 0.4) is 0 Å². The summed E-state index contributed by atoms with van der Waals surface area (Å²) in [6.45, 7) is 0.248. The highest BCUT2D eigenvalue weighted by Crippen LogP contribution is 2.03. The Bertz CT molecular complexity index is 675. The van der Waals surface area contributed by atoms with Crippen LogP contribution in [-0.4, -0.2) is 36.7 Å². The van der Waals surface area contributed by atoms with Crippen LogP contribution in [0.1, 0.15) is 21.9 Å². The number of aryl methyl sites for hydroxylation is 1. The topological polar surface area (TPSA) is 110 Å². The van der Waals surface area contributed by atoms with Crippen molar-refractivity contribution in [2.45, 2.75) is 6.54 Å². The van der Waals surface area contributed by atoms with Gasteiger partial charge in [0.25, 0.3) is 5.91 Å². The molecule has 0 saturated heterocycles. The molecule has 0 atom stereocenters. The van der Waals surface area contributed by atoms with Crippen LogP contribution in [0, 0.1) is 0 Å². The number of carbonyl (C=O) groups excluding carboxylic acids is 1. The van der Waals surface area contributed by atoms with E-state index in [1.807, 2.05) is 0 Å². The molecule has 2 rings (SSSR count). The Morgan fingerprint density at radius 3 is 2.81 bits per heavy atom. The van der Waals surface area contributed by atoms with E-state index in [1.165, 1.54) is 18.3 Å². The number of nitrogens with zero attached hydrogens (tertiary/aromatic N) is 4. The molecule has 0 bridgehead atoms. The summed E-state index contributed by atoms with van der Waals surface area (Å²) in [6.07, 6.45) is 5.38. The van der Waals surface area contributed by atoms with Gasteiger partial charge in [-0.2, -0.15) is 0 Å². The average molecular weight is 287 g/mol. The van der Waals surface area contributed by atoms with Crippen LogP contribution in [0.2, 0.25) is 0 Å². The van der Waals surface area contributed by atoms with E-state index in [4.69, 9.17) is 5.11 Å². The smallest absolute Gasteiger partial charge is 0.328 e. The van der Waals surface area contributed by atoms with Gasteiger partial charge in [0.05, 0.1) is 6.54 Å². The Balaban J connectivity index is 1.97. The van der Waals surface area contributed by atoms with Gasteiger partial charge in [-0.3, -0.25) is 9.78 Å². The number of carboxylic acids is 1. The van der Waals surface area contributed by atoms with Crippen LogP contribution < -0.4 is 5.32 Å². The zero-order valence-corrected chi connectivity index (χ0v) is 11.2.